The number of hydrogen-bond donors (Lipinski definition) is 2. The van der Waals surface area contributed by atoms with Crippen LogP contribution in [0.15, 0.2) is 33.9 Å². The molecule has 3 N–H and O–H groups in total. The summed E-state index contributed by atoms with van der Waals surface area (Å²) in [6.45, 7) is 8.48. The van der Waals surface area contributed by atoms with Gasteiger partial charge in [0.05, 0.1) is 13.2 Å². The first-order valence-corrected chi connectivity index (χ1v) is 12.4. The van der Waals surface area contributed by atoms with Crippen molar-refractivity contribution in [2.45, 2.75) is 59.1 Å². The van der Waals surface area contributed by atoms with Crippen molar-refractivity contribution in [3.63, 3.8) is 0 Å². The number of benzene rings is 1. The fourth-order valence-corrected chi connectivity index (χ4v) is 4.30. The number of para-hydroxylation sites is 2. The van der Waals surface area contributed by atoms with E-state index in [4.69, 9.17) is 15.2 Å². The third kappa shape index (κ3) is 6.45. The van der Waals surface area contributed by atoms with E-state index in [1.807, 2.05) is 38.1 Å². The number of carbonyl (C=O) groups is 1. The lowest BCUT2D eigenvalue weighted by Crippen LogP contribution is -2.47. The summed E-state index contributed by atoms with van der Waals surface area (Å²) in [4.78, 5) is 43.7. The number of H-pyrrole nitrogens is 1. The minimum atomic E-state index is -0.643. The van der Waals surface area contributed by atoms with Gasteiger partial charge in [-0.1, -0.05) is 25.5 Å². The number of nitrogen functional groups attached to an aromatic ring is 1. The van der Waals surface area contributed by atoms with Gasteiger partial charge in [-0.25, -0.2) is 4.79 Å². The zero-order chi connectivity index (χ0) is 25.4. The predicted octanol–water partition coefficient (Wildman–Crippen LogP) is 2.21. The maximum absolute atomic E-state index is 13.2. The van der Waals surface area contributed by atoms with Crippen LogP contribution in [0.1, 0.15) is 46.5 Å². The highest BCUT2D eigenvalue weighted by atomic mass is 16.5. The van der Waals surface area contributed by atoms with Crippen molar-refractivity contribution in [1.29, 1.82) is 0 Å². The number of aromatic nitrogens is 2. The number of piperidine rings is 1. The second-order valence-corrected chi connectivity index (χ2v) is 8.61. The average Bonchev–Trinajstić information content (AvgIpc) is 2.84. The molecule has 1 fully saturated rings. The molecule has 2 heterocycles. The Hall–Kier alpha value is -3.27. The predicted molar refractivity (Wildman–Crippen MR) is 136 cm³/mol. The minimum Gasteiger partial charge on any atom is -0.490 e. The number of nitrogens with one attached hydrogen (secondary N) is 1. The molecule has 0 bridgehead atoms. The van der Waals surface area contributed by atoms with Crippen LogP contribution in [-0.4, -0.2) is 59.2 Å². The van der Waals surface area contributed by atoms with E-state index in [2.05, 4.69) is 9.88 Å². The monoisotopic (exact) mass is 487 g/mol. The zero-order valence-corrected chi connectivity index (χ0v) is 20.9. The van der Waals surface area contributed by atoms with Crippen LogP contribution in [-0.2, 0) is 11.3 Å². The van der Waals surface area contributed by atoms with Crippen LogP contribution in [0.4, 0.5) is 11.5 Å². The van der Waals surface area contributed by atoms with Crippen molar-refractivity contribution in [1.82, 2.24) is 14.5 Å². The number of likely N-dealkylation sites (N-methyl/N-ethyl adjacent to an activating group) is 1. The molecule has 3 rings (SSSR count). The molecule has 0 radical (unpaired) electrons. The fourth-order valence-electron chi connectivity index (χ4n) is 4.30. The third-order valence-corrected chi connectivity index (χ3v) is 6.17. The quantitative estimate of drug-likeness (QED) is 0.498. The topological polar surface area (TPSA) is 123 Å². The van der Waals surface area contributed by atoms with Crippen LogP contribution >= 0.6 is 0 Å². The molecule has 0 spiro atoms. The molecule has 1 aromatic heterocycles. The highest BCUT2D eigenvalue weighted by Crippen LogP contribution is 2.29. The van der Waals surface area contributed by atoms with Gasteiger partial charge >= 0.3 is 5.69 Å². The summed E-state index contributed by atoms with van der Waals surface area (Å²) in [7, 11) is 0. The van der Waals surface area contributed by atoms with Crippen molar-refractivity contribution in [2.24, 2.45) is 0 Å². The van der Waals surface area contributed by atoms with Crippen LogP contribution in [0.5, 0.6) is 11.5 Å². The molecule has 35 heavy (non-hydrogen) atoms. The summed E-state index contributed by atoms with van der Waals surface area (Å²) >= 11 is 0. The molecule has 1 saturated heterocycles. The molecule has 1 aromatic carbocycles. The Morgan fingerprint density at radius 3 is 2.46 bits per heavy atom. The first-order chi connectivity index (χ1) is 16.9. The van der Waals surface area contributed by atoms with E-state index in [0.29, 0.717) is 26.2 Å². The number of amides is 1. The van der Waals surface area contributed by atoms with Gasteiger partial charge in [0.1, 0.15) is 11.9 Å². The standard InChI is InChI=1S/C25H37N5O5/c1-4-7-14-30-23(26)22(24(32)27-25(30)33)29(5-2)21(31)17-28-15-12-18(13-16-28)35-20-11-9-8-10-19(20)34-6-3/h8-11,18H,4-7,12-17,26H2,1-3H3,(H,27,32,33). The van der Waals surface area contributed by atoms with Crippen molar-refractivity contribution in [3.05, 3.63) is 45.1 Å². The first kappa shape index (κ1) is 26.3. The van der Waals surface area contributed by atoms with Gasteiger partial charge in [-0.15, -0.1) is 0 Å². The molecule has 0 aliphatic carbocycles. The molecular weight excluding hydrogens is 450 g/mol. The van der Waals surface area contributed by atoms with Gasteiger partial charge in [0.2, 0.25) is 5.91 Å². The Kier molecular flexibility index (Phi) is 9.36. The maximum Gasteiger partial charge on any atom is 0.330 e. The number of unbranched alkanes of at least 4 members (excludes halogenated alkanes) is 1. The number of nitrogens with zero attached hydrogens (tertiary/aromatic N) is 3. The summed E-state index contributed by atoms with van der Waals surface area (Å²) in [5.41, 5.74) is 5.05. The third-order valence-electron chi connectivity index (χ3n) is 6.17. The maximum atomic E-state index is 13.2. The lowest BCUT2D eigenvalue weighted by atomic mass is 10.1. The van der Waals surface area contributed by atoms with E-state index < -0.39 is 11.2 Å². The van der Waals surface area contributed by atoms with Crippen LogP contribution in [0.3, 0.4) is 0 Å². The summed E-state index contributed by atoms with van der Waals surface area (Å²) in [6, 6.07) is 7.63. The largest absolute Gasteiger partial charge is 0.490 e. The van der Waals surface area contributed by atoms with Gasteiger partial charge < -0.3 is 20.1 Å². The Morgan fingerprint density at radius 2 is 1.83 bits per heavy atom. The van der Waals surface area contributed by atoms with Gasteiger partial charge in [0, 0.05) is 26.2 Å². The number of ether oxygens (including phenoxy) is 2. The van der Waals surface area contributed by atoms with Crippen LogP contribution in [0.2, 0.25) is 0 Å². The van der Waals surface area contributed by atoms with Gasteiger partial charge in [0.15, 0.2) is 17.2 Å². The van der Waals surface area contributed by atoms with Gasteiger partial charge in [-0.2, -0.15) is 0 Å². The zero-order valence-electron chi connectivity index (χ0n) is 20.9. The molecule has 1 amide bonds. The Labute approximate surface area is 205 Å². The molecule has 0 atom stereocenters. The SMILES string of the molecule is CCCCn1c(N)c(N(CC)C(=O)CN2CCC(Oc3ccccc3OCC)CC2)c(=O)[nH]c1=O. The van der Waals surface area contributed by atoms with Crippen LogP contribution in [0, 0.1) is 0 Å². The average molecular weight is 488 g/mol. The number of rotatable bonds is 11. The van der Waals surface area contributed by atoms with Crippen LogP contribution < -0.4 is 31.4 Å². The molecule has 0 saturated carbocycles. The number of aromatic amines is 1. The van der Waals surface area contributed by atoms with E-state index in [1.54, 1.807) is 6.92 Å². The van der Waals surface area contributed by atoms with Gasteiger partial charge in [-0.3, -0.25) is 24.0 Å². The molecule has 1 aliphatic heterocycles. The fraction of sp³-hybridized carbons (Fsp3) is 0.560. The number of anilines is 2. The number of nitrogens with two attached hydrogens (primary N) is 1. The van der Waals surface area contributed by atoms with E-state index >= 15 is 0 Å². The molecule has 192 valence electrons. The van der Waals surface area contributed by atoms with E-state index in [-0.39, 0.29) is 36.6 Å². The normalized spacial score (nSPS) is 14.6. The number of carbonyl (C=O) groups excluding carboxylic acids is 1. The van der Waals surface area contributed by atoms with Crippen molar-refractivity contribution in [3.8, 4) is 11.5 Å². The van der Waals surface area contributed by atoms with Crippen molar-refractivity contribution < 1.29 is 14.3 Å². The molecular formula is C25H37N5O5. The molecule has 1 aliphatic rings. The molecule has 2 aromatic rings. The molecule has 10 heteroatoms. The van der Waals surface area contributed by atoms with Gasteiger partial charge in [0.25, 0.3) is 5.56 Å². The van der Waals surface area contributed by atoms with Crippen LogP contribution in [0.25, 0.3) is 0 Å². The summed E-state index contributed by atoms with van der Waals surface area (Å²) in [5.74, 6) is 1.26. The number of likely N-dealkylation sites (tertiary alicyclic amines) is 1. The van der Waals surface area contributed by atoms with E-state index in [9.17, 15) is 14.4 Å². The minimum absolute atomic E-state index is 0.0301. The molecule has 0 unspecified atom stereocenters. The molecule has 10 nitrogen and oxygen atoms in total. The summed E-state index contributed by atoms with van der Waals surface area (Å²) in [5, 5.41) is 0. The smallest absolute Gasteiger partial charge is 0.330 e. The number of hydrogen-bond acceptors (Lipinski definition) is 7. The van der Waals surface area contributed by atoms with E-state index in [0.717, 1.165) is 37.2 Å². The second-order valence-electron chi connectivity index (χ2n) is 8.61. The van der Waals surface area contributed by atoms with Crippen molar-refractivity contribution >= 4 is 17.4 Å². The lowest BCUT2D eigenvalue weighted by Gasteiger charge is -2.33. The van der Waals surface area contributed by atoms with Crippen molar-refractivity contribution in [2.75, 3.05) is 43.4 Å². The lowest BCUT2D eigenvalue weighted by molar-refractivity contribution is -0.120. The van der Waals surface area contributed by atoms with E-state index in [1.165, 1.54) is 9.47 Å². The Morgan fingerprint density at radius 1 is 1.14 bits per heavy atom. The first-order valence-electron chi connectivity index (χ1n) is 12.4. The highest BCUT2D eigenvalue weighted by Gasteiger charge is 2.27. The second kappa shape index (κ2) is 12.4. The summed E-state index contributed by atoms with van der Waals surface area (Å²) in [6.07, 6.45) is 3.18. The Balaban J connectivity index is 1.64. The van der Waals surface area contributed by atoms with Gasteiger partial charge in [-0.05, 0) is 45.2 Å². The summed E-state index contributed by atoms with van der Waals surface area (Å²) < 4.78 is 13.2. The highest BCUT2D eigenvalue weighted by molar-refractivity contribution is 5.96. The Bertz CT molecular complexity index is 1100.